The van der Waals surface area contributed by atoms with Crippen LogP contribution in [0.1, 0.15) is 26.3 Å². The summed E-state index contributed by atoms with van der Waals surface area (Å²) >= 11 is 0. The van der Waals surface area contributed by atoms with Crippen LogP contribution >= 0.6 is 0 Å². The summed E-state index contributed by atoms with van der Waals surface area (Å²) in [6.07, 6.45) is 2.66. The van der Waals surface area contributed by atoms with Crippen molar-refractivity contribution < 1.29 is 8.60 Å². The van der Waals surface area contributed by atoms with Gasteiger partial charge >= 0.3 is 0 Å². The van der Waals surface area contributed by atoms with Gasteiger partial charge in [-0.2, -0.15) is 0 Å². The molecule has 0 saturated heterocycles. The first-order chi connectivity index (χ1) is 11.8. The fraction of sp³-hybridized carbons (Fsp3) is 0.500. The Morgan fingerprint density at radius 1 is 1.28 bits per heavy atom. The van der Waals surface area contributed by atoms with Crippen molar-refractivity contribution in [3.63, 3.8) is 0 Å². The van der Waals surface area contributed by atoms with Crippen LogP contribution in [0.25, 0.3) is 10.9 Å². The second-order valence-electron chi connectivity index (χ2n) is 6.84. The molecule has 3 N–H and O–H groups in total. The van der Waals surface area contributed by atoms with Crippen LogP contribution in [0.5, 0.6) is 0 Å². The molecule has 0 radical (unpaired) electrons. The van der Waals surface area contributed by atoms with Crippen LogP contribution in [0.4, 0.5) is 4.39 Å². The quantitative estimate of drug-likeness (QED) is 0.544. The van der Waals surface area contributed by atoms with Gasteiger partial charge in [0.1, 0.15) is 5.82 Å². The zero-order valence-corrected chi connectivity index (χ0v) is 16.1. The van der Waals surface area contributed by atoms with Crippen molar-refractivity contribution >= 4 is 27.7 Å². The highest BCUT2D eigenvalue weighted by Crippen LogP contribution is 2.19. The van der Waals surface area contributed by atoms with Crippen LogP contribution in [0.3, 0.4) is 0 Å². The molecule has 1 unspecified atom stereocenters. The van der Waals surface area contributed by atoms with Gasteiger partial charge in [-0.25, -0.2) is 4.39 Å². The van der Waals surface area contributed by atoms with Crippen molar-refractivity contribution in [1.82, 2.24) is 15.6 Å². The third kappa shape index (κ3) is 5.56. The van der Waals surface area contributed by atoms with E-state index in [0.717, 1.165) is 22.9 Å². The highest BCUT2D eigenvalue weighted by Gasteiger charge is 2.18. The number of hydrogen-bond donors (Lipinski definition) is 3. The van der Waals surface area contributed by atoms with Gasteiger partial charge in [0.25, 0.3) is 0 Å². The van der Waals surface area contributed by atoms with Gasteiger partial charge in [0.05, 0.1) is 0 Å². The molecule has 0 fully saturated rings. The van der Waals surface area contributed by atoms with Crippen LogP contribution in [0.15, 0.2) is 29.4 Å². The van der Waals surface area contributed by atoms with Crippen LogP contribution in [0, 0.1) is 5.82 Å². The Morgan fingerprint density at radius 2 is 2.00 bits per heavy atom. The summed E-state index contributed by atoms with van der Waals surface area (Å²) in [5.41, 5.74) is 2.00. The van der Waals surface area contributed by atoms with E-state index in [1.54, 1.807) is 19.2 Å². The largest absolute Gasteiger partial charge is 0.361 e. The molecule has 0 saturated carbocycles. The Balaban J connectivity index is 1.81. The molecule has 0 spiro atoms. The number of aromatic nitrogens is 1. The summed E-state index contributed by atoms with van der Waals surface area (Å²) in [4.78, 5) is 7.32. The highest BCUT2D eigenvalue weighted by molar-refractivity contribution is 7.86. The van der Waals surface area contributed by atoms with E-state index in [1.165, 1.54) is 6.07 Å². The number of guanidine groups is 1. The van der Waals surface area contributed by atoms with Crippen molar-refractivity contribution in [2.24, 2.45) is 4.99 Å². The molecule has 138 valence electrons. The third-order valence-electron chi connectivity index (χ3n) is 3.90. The SMILES string of the molecule is CN=C(NCCc1c[nH]c2ccc(F)cc12)NCCS(=O)C(C)(C)C. The number of nitrogens with zero attached hydrogens (tertiary/aromatic N) is 1. The minimum absolute atomic E-state index is 0.205. The van der Waals surface area contributed by atoms with Crippen molar-refractivity contribution in [2.75, 3.05) is 25.9 Å². The summed E-state index contributed by atoms with van der Waals surface area (Å²) < 4.78 is 25.2. The number of H-pyrrole nitrogens is 1. The average molecular weight is 367 g/mol. The van der Waals surface area contributed by atoms with Gasteiger partial charge in [0.2, 0.25) is 0 Å². The first-order valence-corrected chi connectivity index (χ1v) is 9.71. The summed E-state index contributed by atoms with van der Waals surface area (Å²) in [6, 6.07) is 4.75. The summed E-state index contributed by atoms with van der Waals surface area (Å²) in [5.74, 6) is 1.02. The molecule has 0 bridgehead atoms. The fourth-order valence-electron chi connectivity index (χ4n) is 2.46. The minimum atomic E-state index is -0.889. The van der Waals surface area contributed by atoms with E-state index in [2.05, 4.69) is 20.6 Å². The van der Waals surface area contributed by atoms with Gasteiger partial charge < -0.3 is 15.6 Å². The normalized spacial score (nSPS) is 13.9. The summed E-state index contributed by atoms with van der Waals surface area (Å²) in [6.45, 7) is 7.19. The second kappa shape index (κ2) is 8.47. The van der Waals surface area contributed by atoms with E-state index in [0.29, 0.717) is 24.8 Å². The van der Waals surface area contributed by atoms with Gasteiger partial charge in [0.15, 0.2) is 5.96 Å². The number of aromatic amines is 1. The van der Waals surface area contributed by atoms with Gasteiger partial charge in [-0.05, 0) is 51.0 Å². The lowest BCUT2D eigenvalue weighted by Gasteiger charge is -2.18. The molecule has 0 aliphatic heterocycles. The summed E-state index contributed by atoms with van der Waals surface area (Å²) in [5, 5.41) is 7.32. The maximum absolute atomic E-state index is 13.4. The average Bonchev–Trinajstić information content (AvgIpc) is 2.94. The van der Waals surface area contributed by atoms with Crippen LogP contribution in [-0.2, 0) is 17.2 Å². The van der Waals surface area contributed by atoms with Crippen molar-refractivity contribution in [2.45, 2.75) is 31.9 Å². The maximum Gasteiger partial charge on any atom is 0.191 e. The highest BCUT2D eigenvalue weighted by atomic mass is 32.2. The molecule has 0 aliphatic rings. The molecule has 1 atom stereocenters. The van der Waals surface area contributed by atoms with E-state index in [-0.39, 0.29) is 10.6 Å². The van der Waals surface area contributed by atoms with Crippen molar-refractivity contribution in [1.29, 1.82) is 0 Å². The molecule has 0 aliphatic carbocycles. The number of halogens is 1. The molecule has 5 nitrogen and oxygen atoms in total. The van der Waals surface area contributed by atoms with Crippen LogP contribution < -0.4 is 10.6 Å². The number of fused-ring (bicyclic) bond motifs is 1. The van der Waals surface area contributed by atoms with E-state index in [9.17, 15) is 8.60 Å². The molecular formula is C18H27FN4OS. The van der Waals surface area contributed by atoms with E-state index in [4.69, 9.17) is 0 Å². The number of aliphatic imine (C=N–C) groups is 1. The smallest absolute Gasteiger partial charge is 0.191 e. The molecular weight excluding hydrogens is 339 g/mol. The third-order valence-corrected chi connectivity index (χ3v) is 5.84. The Hall–Kier alpha value is -1.89. The molecule has 1 aromatic carbocycles. The molecule has 7 heteroatoms. The number of nitrogens with one attached hydrogen (secondary N) is 3. The number of benzene rings is 1. The topological polar surface area (TPSA) is 69.3 Å². The lowest BCUT2D eigenvalue weighted by Crippen LogP contribution is -2.41. The van der Waals surface area contributed by atoms with E-state index >= 15 is 0 Å². The van der Waals surface area contributed by atoms with Crippen LogP contribution in [0.2, 0.25) is 0 Å². The zero-order chi connectivity index (χ0) is 18.4. The maximum atomic E-state index is 13.4. The van der Waals surface area contributed by atoms with Gasteiger partial charge in [0, 0.05) is 58.5 Å². The molecule has 2 rings (SSSR count). The predicted octanol–water partition coefficient (Wildman–Crippen LogP) is 2.56. The Bertz CT molecular complexity index is 764. The summed E-state index contributed by atoms with van der Waals surface area (Å²) in [7, 11) is 0.817. The van der Waals surface area contributed by atoms with Crippen molar-refractivity contribution in [3.05, 3.63) is 35.8 Å². The second-order valence-corrected chi connectivity index (χ2v) is 9.17. The molecule has 2 aromatic rings. The van der Waals surface area contributed by atoms with Gasteiger partial charge in [-0.3, -0.25) is 9.20 Å². The van der Waals surface area contributed by atoms with Crippen molar-refractivity contribution in [3.8, 4) is 0 Å². The van der Waals surface area contributed by atoms with Crippen LogP contribution in [-0.4, -0.2) is 45.8 Å². The number of hydrogen-bond acceptors (Lipinski definition) is 2. The standard InChI is InChI=1S/C18H27FN4OS/c1-18(2,3)25(24)10-9-22-17(20-4)21-8-7-13-12-23-16-6-5-14(19)11-15(13)16/h5-6,11-12,23H,7-10H2,1-4H3,(H2,20,21,22). The fourth-order valence-corrected chi connectivity index (χ4v) is 3.36. The Labute approximate surface area is 151 Å². The molecule has 1 heterocycles. The van der Waals surface area contributed by atoms with Gasteiger partial charge in [-0.1, -0.05) is 0 Å². The molecule has 0 amide bonds. The molecule has 25 heavy (non-hydrogen) atoms. The number of rotatable bonds is 6. The van der Waals surface area contributed by atoms with E-state index < -0.39 is 10.8 Å². The zero-order valence-electron chi connectivity index (χ0n) is 15.3. The minimum Gasteiger partial charge on any atom is -0.361 e. The lowest BCUT2D eigenvalue weighted by molar-refractivity contribution is 0.629. The first-order valence-electron chi connectivity index (χ1n) is 8.40. The van der Waals surface area contributed by atoms with Gasteiger partial charge in [-0.15, -0.1) is 0 Å². The Morgan fingerprint density at radius 3 is 2.68 bits per heavy atom. The van der Waals surface area contributed by atoms with E-state index in [1.807, 2.05) is 27.0 Å². The lowest BCUT2D eigenvalue weighted by atomic mass is 10.1. The predicted molar refractivity (Wildman–Crippen MR) is 104 cm³/mol. The monoisotopic (exact) mass is 366 g/mol. The molecule has 1 aromatic heterocycles. The first kappa shape index (κ1) is 19.4. The Kier molecular flexibility index (Phi) is 6.58.